The van der Waals surface area contributed by atoms with Gasteiger partial charge in [0.15, 0.2) is 0 Å². The van der Waals surface area contributed by atoms with E-state index < -0.39 is 5.97 Å². The predicted octanol–water partition coefficient (Wildman–Crippen LogP) is -0.837. The van der Waals surface area contributed by atoms with Crippen LogP contribution in [0, 0.1) is 5.92 Å². The maximum Gasteiger partial charge on any atom is 0.361 e. The van der Waals surface area contributed by atoms with Crippen molar-refractivity contribution < 1.29 is 9.90 Å². The maximum absolute atomic E-state index is 9.83. The number of rotatable bonds is 1. The number of nitrogens with one attached hydrogen (secondary N) is 1. The third kappa shape index (κ3) is 0.718. The summed E-state index contributed by atoms with van der Waals surface area (Å²) in [6.07, 6.45) is 0. The van der Waals surface area contributed by atoms with Crippen LogP contribution in [0.4, 0.5) is 0 Å². The molecule has 7 heavy (non-hydrogen) atoms. The molecule has 0 spiro atoms. The lowest BCUT2D eigenvalue weighted by Crippen LogP contribution is -2.46. The van der Waals surface area contributed by atoms with Crippen molar-refractivity contribution in [3.05, 3.63) is 0 Å². The van der Waals surface area contributed by atoms with Crippen LogP contribution in [0.15, 0.2) is 0 Å². The van der Waals surface area contributed by atoms with Crippen LogP contribution in [-0.4, -0.2) is 19.1 Å². The molecule has 3 nitrogen and oxygen atoms in total. The Labute approximate surface area is 41.3 Å². The summed E-state index contributed by atoms with van der Waals surface area (Å²) in [7, 11) is 0. The number of hydrogen-bond acceptors (Lipinski definition) is 2. The monoisotopic (exact) mass is 100 g/mol. The Bertz CT molecular complexity index is 87.7. The molecule has 3 heteroatoms. The lowest BCUT2D eigenvalue weighted by molar-refractivity contribution is -0.149. The fraction of sp³-hybridized carbons (Fsp3) is 0.750. The first kappa shape index (κ1) is 4.59. The molecule has 1 rings (SSSR count). The number of hydrogen-bond donors (Lipinski definition) is 1. The van der Waals surface area contributed by atoms with Gasteiger partial charge in [0.25, 0.3) is 0 Å². The van der Waals surface area contributed by atoms with Crippen molar-refractivity contribution in [2.75, 3.05) is 13.1 Å². The molecule has 0 bridgehead atoms. The lowest BCUT2D eigenvalue weighted by Gasteiger charge is -2.20. The first-order chi connectivity index (χ1) is 3.30. The van der Waals surface area contributed by atoms with Crippen molar-refractivity contribution in [3.8, 4) is 0 Å². The zero-order chi connectivity index (χ0) is 5.28. The van der Waals surface area contributed by atoms with E-state index in [1.54, 1.807) is 0 Å². The van der Waals surface area contributed by atoms with Gasteiger partial charge in [-0.25, -0.2) is 9.90 Å². The van der Waals surface area contributed by atoms with Crippen molar-refractivity contribution in [2.24, 2.45) is 5.92 Å². The Morgan fingerprint density at radius 2 is 2.14 bits per heavy atom. The van der Waals surface area contributed by atoms with Crippen LogP contribution in [0.3, 0.4) is 0 Å². The molecule has 1 heterocycles. The molecule has 1 saturated heterocycles. The van der Waals surface area contributed by atoms with Crippen LogP contribution in [0.5, 0.6) is 0 Å². The van der Waals surface area contributed by atoms with Gasteiger partial charge in [-0.15, -0.1) is 0 Å². The van der Waals surface area contributed by atoms with E-state index in [1.165, 1.54) is 0 Å². The highest BCUT2D eigenvalue weighted by Crippen LogP contribution is 2.00. The average molecular weight is 100 g/mol. The number of carbonyl (C=O) groups is 1. The van der Waals surface area contributed by atoms with Gasteiger partial charge in [0.05, 0.1) is 5.92 Å². The van der Waals surface area contributed by atoms with Crippen LogP contribution in [-0.2, 0) is 9.90 Å². The van der Waals surface area contributed by atoms with E-state index in [4.69, 9.17) is 0 Å². The fourth-order valence-electron chi connectivity index (χ4n) is 0.455. The van der Waals surface area contributed by atoms with Crippen molar-refractivity contribution in [2.45, 2.75) is 0 Å². The van der Waals surface area contributed by atoms with E-state index in [1.807, 2.05) is 0 Å². The molecule has 1 fully saturated rings. The molecule has 39 valence electrons. The van der Waals surface area contributed by atoms with Crippen LogP contribution in [0.2, 0.25) is 0 Å². The first-order valence-corrected chi connectivity index (χ1v) is 2.22. The fourth-order valence-corrected chi connectivity index (χ4v) is 0.455. The van der Waals surface area contributed by atoms with Crippen LogP contribution in [0.25, 0.3) is 0 Å². The van der Waals surface area contributed by atoms with Gasteiger partial charge in [-0.3, -0.25) is 0 Å². The average Bonchev–Trinajstić information content (AvgIpc) is 1.23. The van der Waals surface area contributed by atoms with Crippen LogP contribution in [0.1, 0.15) is 0 Å². The molecule has 1 radical (unpaired) electrons. The molecule has 0 unspecified atom stereocenters. The summed E-state index contributed by atoms with van der Waals surface area (Å²) in [5.74, 6) is -1.15. The summed E-state index contributed by atoms with van der Waals surface area (Å²) in [6, 6.07) is 0. The van der Waals surface area contributed by atoms with Gasteiger partial charge in [0.2, 0.25) is 0 Å². The predicted molar refractivity (Wildman–Crippen MR) is 22.1 cm³/mol. The van der Waals surface area contributed by atoms with Gasteiger partial charge in [-0.05, 0) is 0 Å². The maximum atomic E-state index is 9.83. The minimum absolute atomic E-state index is 0.222. The molecule has 1 aliphatic rings. The standard InChI is InChI=1S/C4H6NO2/c6-4(7)3-1-5-2-3/h3,5H,1-2H2. The van der Waals surface area contributed by atoms with E-state index in [9.17, 15) is 9.90 Å². The molecule has 1 N–H and O–H groups in total. The van der Waals surface area contributed by atoms with Crippen molar-refractivity contribution in [3.63, 3.8) is 0 Å². The zero-order valence-corrected chi connectivity index (χ0v) is 3.81. The van der Waals surface area contributed by atoms with E-state index in [0.29, 0.717) is 13.1 Å². The van der Waals surface area contributed by atoms with E-state index in [2.05, 4.69) is 5.32 Å². The quantitative estimate of drug-likeness (QED) is 0.467. The van der Waals surface area contributed by atoms with Crippen molar-refractivity contribution in [1.29, 1.82) is 0 Å². The van der Waals surface area contributed by atoms with Crippen LogP contribution >= 0.6 is 0 Å². The normalized spacial score (nSPS) is 21.1. The molecule has 0 atom stereocenters. The van der Waals surface area contributed by atoms with Crippen molar-refractivity contribution in [1.82, 2.24) is 5.32 Å². The van der Waals surface area contributed by atoms with Gasteiger partial charge >= 0.3 is 5.97 Å². The Morgan fingerprint density at radius 3 is 2.14 bits per heavy atom. The van der Waals surface area contributed by atoms with E-state index in [0.717, 1.165) is 0 Å². The van der Waals surface area contributed by atoms with Crippen molar-refractivity contribution >= 4 is 5.97 Å². The molecule has 0 aromatic carbocycles. The smallest absolute Gasteiger partial charge is 0.315 e. The molecule has 0 aromatic rings. The zero-order valence-electron chi connectivity index (χ0n) is 3.81. The molecule has 0 saturated carbocycles. The van der Waals surface area contributed by atoms with E-state index in [-0.39, 0.29) is 5.92 Å². The SMILES string of the molecule is [O]C(=O)C1CNC1. The van der Waals surface area contributed by atoms with Gasteiger partial charge in [0.1, 0.15) is 0 Å². The molecular weight excluding hydrogens is 94.0 g/mol. The minimum atomic E-state index is -0.932. The molecule has 0 aromatic heterocycles. The second-order valence-electron chi connectivity index (χ2n) is 1.67. The Hall–Kier alpha value is -0.570. The van der Waals surface area contributed by atoms with Crippen LogP contribution < -0.4 is 5.32 Å². The first-order valence-electron chi connectivity index (χ1n) is 2.22. The molecule has 0 amide bonds. The lowest BCUT2D eigenvalue weighted by atomic mass is 10.1. The minimum Gasteiger partial charge on any atom is -0.315 e. The third-order valence-electron chi connectivity index (χ3n) is 1.11. The summed E-state index contributed by atoms with van der Waals surface area (Å²) >= 11 is 0. The highest BCUT2D eigenvalue weighted by molar-refractivity contribution is 5.71. The van der Waals surface area contributed by atoms with Gasteiger partial charge in [0, 0.05) is 13.1 Å². The largest absolute Gasteiger partial charge is 0.361 e. The molecular formula is C4H6NO2. The summed E-state index contributed by atoms with van der Waals surface area (Å²) < 4.78 is 0. The molecule has 0 aliphatic carbocycles. The highest BCUT2D eigenvalue weighted by Gasteiger charge is 2.25. The van der Waals surface area contributed by atoms with Gasteiger partial charge < -0.3 is 5.32 Å². The highest BCUT2D eigenvalue weighted by atomic mass is 16.4. The summed E-state index contributed by atoms with van der Waals surface area (Å²) in [5, 5.41) is 12.7. The Kier molecular flexibility index (Phi) is 0.982. The Balaban J connectivity index is 2.27. The second kappa shape index (κ2) is 1.50. The molecule has 1 aliphatic heterocycles. The second-order valence-corrected chi connectivity index (χ2v) is 1.67. The summed E-state index contributed by atoms with van der Waals surface area (Å²) in [4.78, 5) is 9.83. The topological polar surface area (TPSA) is 49.0 Å². The van der Waals surface area contributed by atoms with Gasteiger partial charge in [-0.2, -0.15) is 0 Å². The van der Waals surface area contributed by atoms with Gasteiger partial charge in [-0.1, -0.05) is 0 Å². The van der Waals surface area contributed by atoms with E-state index >= 15 is 0 Å². The number of carbonyl (C=O) groups excluding carboxylic acids is 1. The summed E-state index contributed by atoms with van der Waals surface area (Å²) in [5.41, 5.74) is 0. The third-order valence-corrected chi connectivity index (χ3v) is 1.11. The Morgan fingerprint density at radius 1 is 1.57 bits per heavy atom. The summed E-state index contributed by atoms with van der Waals surface area (Å²) in [6.45, 7) is 1.17.